The lowest BCUT2D eigenvalue weighted by Gasteiger charge is -2.34. The number of ether oxygens (including phenoxy) is 1. The van der Waals surface area contributed by atoms with Gasteiger partial charge in [0.1, 0.15) is 5.75 Å². The van der Waals surface area contributed by atoms with Crippen molar-refractivity contribution in [1.29, 1.82) is 0 Å². The van der Waals surface area contributed by atoms with Gasteiger partial charge in [-0.05, 0) is 17.7 Å². The number of hydrogen-bond acceptors (Lipinski definition) is 6. The average Bonchev–Trinajstić information content (AvgIpc) is 3.08. The number of nitrogens with zero attached hydrogens (tertiary/aromatic N) is 3. The fraction of sp³-hybridized carbons (Fsp3) is 0.421. The van der Waals surface area contributed by atoms with Crippen LogP contribution in [0.3, 0.4) is 0 Å². The van der Waals surface area contributed by atoms with Crippen LogP contribution in [-0.4, -0.2) is 59.9 Å². The van der Waals surface area contributed by atoms with E-state index in [1.54, 1.807) is 7.11 Å². The van der Waals surface area contributed by atoms with E-state index in [2.05, 4.69) is 15.2 Å². The molecule has 3 rings (SSSR count). The molecule has 2 aromatic rings. The van der Waals surface area contributed by atoms with E-state index in [0.29, 0.717) is 24.6 Å². The number of nitrogens with one attached hydrogen (secondary N) is 1. The number of thiazole rings is 1. The topological polar surface area (TPSA) is 74.8 Å². The molecule has 0 saturated carbocycles. The zero-order valence-corrected chi connectivity index (χ0v) is 16.4. The van der Waals surface area contributed by atoms with Crippen LogP contribution in [0.5, 0.6) is 5.75 Å². The van der Waals surface area contributed by atoms with Gasteiger partial charge in [-0.2, -0.15) is 0 Å². The fourth-order valence-electron chi connectivity index (χ4n) is 3.04. The largest absolute Gasteiger partial charge is 0.497 e. The van der Waals surface area contributed by atoms with Crippen LogP contribution in [0.2, 0.25) is 0 Å². The number of anilines is 1. The Kier molecular flexibility index (Phi) is 6.41. The molecule has 1 aliphatic heterocycles. The lowest BCUT2D eigenvalue weighted by atomic mass is 10.1. The summed E-state index contributed by atoms with van der Waals surface area (Å²) in [7, 11) is 1.63. The van der Waals surface area contributed by atoms with Gasteiger partial charge in [-0.3, -0.25) is 14.5 Å². The molecule has 144 valence electrons. The molecule has 0 atom stereocenters. The maximum Gasteiger partial charge on any atom is 0.227 e. The summed E-state index contributed by atoms with van der Waals surface area (Å²) in [5.74, 6) is 0.801. The molecule has 1 N–H and O–H groups in total. The van der Waals surface area contributed by atoms with E-state index in [4.69, 9.17) is 4.74 Å². The van der Waals surface area contributed by atoms with Crippen LogP contribution < -0.4 is 10.1 Å². The number of hydrogen-bond donors (Lipinski definition) is 1. The van der Waals surface area contributed by atoms with E-state index in [1.807, 2.05) is 34.5 Å². The Labute approximate surface area is 162 Å². The number of piperazine rings is 1. The smallest absolute Gasteiger partial charge is 0.227 e. The minimum absolute atomic E-state index is 0.112. The summed E-state index contributed by atoms with van der Waals surface area (Å²) in [4.78, 5) is 32.3. The summed E-state index contributed by atoms with van der Waals surface area (Å²) < 4.78 is 5.22. The van der Waals surface area contributed by atoms with E-state index < -0.39 is 0 Å². The van der Waals surface area contributed by atoms with Gasteiger partial charge in [-0.25, -0.2) is 4.98 Å². The van der Waals surface area contributed by atoms with E-state index in [0.717, 1.165) is 36.6 Å². The molecule has 0 aliphatic carbocycles. The van der Waals surface area contributed by atoms with Crippen LogP contribution in [0, 0.1) is 0 Å². The highest BCUT2D eigenvalue weighted by Gasteiger charge is 2.22. The minimum Gasteiger partial charge on any atom is -0.497 e. The average molecular weight is 388 g/mol. The van der Waals surface area contributed by atoms with Crippen molar-refractivity contribution < 1.29 is 14.3 Å². The second-order valence-electron chi connectivity index (χ2n) is 6.51. The second-order valence-corrected chi connectivity index (χ2v) is 7.37. The highest BCUT2D eigenvalue weighted by atomic mass is 32.1. The van der Waals surface area contributed by atoms with Crippen molar-refractivity contribution in [1.82, 2.24) is 14.8 Å². The van der Waals surface area contributed by atoms with Crippen LogP contribution in [-0.2, 0) is 22.6 Å². The van der Waals surface area contributed by atoms with Crippen LogP contribution in [0.4, 0.5) is 5.13 Å². The Hall–Kier alpha value is -2.45. The Morgan fingerprint density at radius 1 is 1.26 bits per heavy atom. The molecule has 1 aromatic heterocycles. The lowest BCUT2D eigenvalue weighted by Crippen LogP contribution is -2.48. The minimum atomic E-state index is -0.112. The first-order valence-corrected chi connectivity index (χ1v) is 9.76. The van der Waals surface area contributed by atoms with Crippen LogP contribution in [0.15, 0.2) is 29.6 Å². The molecule has 8 heteroatoms. The number of carbonyl (C=O) groups is 2. The Morgan fingerprint density at radius 2 is 2.04 bits per heavy atom. The maximum absolute atomic E-state index is 12.6. The van der Waals surface area contributed by atoms with Gasteiger partial charge in [0, 0.05) is 45.0 Å². The molecular weight excluding hydrogens is 364 g/mol. The van der Waals surface area contributed by atoms with E-state index in [9.17, 15) is 9.59 Å². The molecule has 27 heavy (non-hydrogen) atoms. The number of methoxy groups -OCH3 is 1. The summed E-state index contributed by atoms with van der Waals surface area (Å²) >= 11 is 1.43. The highest BCUT2D eigenvalue weighted by molar-refractivity contribution is 7.13. The number of rotatable bonds is 6. The van der Waals surface area contributed by atoms with E-state index in [1.165, 1.54) is 18.3 Å². The van der Waals surface area contributed by atoms with Gasteiger partial charge < -0.3 is 15.0 Å². The van der Waals surface area contributed by atoms with Crippen molar-refractivity contribution >= 4 is 28.3 Å². The molecule has 2 heterocycles. The second kappa shape index (κ2) is 8.96. The molecule has 2 amide bonds. The van der Waals surface area contributed by atoms with Crippen molar-refractivity contribution in [3.8, 4) is 5.75 Å². The predicted molar refractivity (Wildman–Crippen MR) is 105 cm³/mol. The third-order valence-electron chi connectivity index (χ3n) is 4.43. The molecule has 7 nitrogen and oxygen atoms in total. The standard InChI is InChI=1S/C19H24N4O3S/c1-14(24)20-19-21-16(13-27-19)12-22-6-8-23(9-7-22)18(25)11-15-4-3-5-17(10-15)26-2/h3-5,10,13H,6-9,11-12H2,1-2H3,(H,20,21,24). The molecule has 0 radical (unpaired) electrons. The van der Waals surface area contributed by atoms with Crippen LogP contribution >= 0.6 is 11.3 Å². The van der Waals surface area contributed by atoms with Gasteiger partial charge in [0.25, 0.3) is 0 Å². The lowest BCUT2D eigenvalue weighted by molar-refractivity contribution is -0.132. The molecule has 1 aromatic carbocycles. The van der Waals surface area contributed by atoms with Crippen LogP contribution in [0.25, 0.3) is 0 Å². The summed E-state index contributed by atoms with van der Waals surface area (Å²) in [6.07, 6.45) is 0.392. The zero-order chi connectivity index (χ0) is 19.2. The van der Waals surface area contributed by atoms with Gasteiger partial charge in [0.15, 0.2) is 5.13 Å². The third kappa shape index (κ3) is 5.51. The molecule has 1 aliphatic rings. The van der Waals surface area contributed by atoms with Crippen molar-refractivity contribution in [2.75, 3.05) is 38.6 Å². The fourth-order valence-corrected chi connectivity index (χ4v) is 3.79. The first kappa shape index (κ1) is 19.3. The number of carbonyl (C=O) groups excluding carboxylic acids is 2. The van der Waals surface area contributed by atoms with E-state index in [-0.39, 0.29) is 11.8 Å². The first-order chi connectivity index (χ1) is 13.0. The molecule has 0 unspecified atom stereocenters. The Bertz CT molecular complexity index is 800. The number of benzene rings is 1. The number of aromatic nitrogens is 1. The molecule has 1 saturated heterocycles. The Morgan fingerprint density at radius 3 is 2.74 bits per heavy atom. The highest BCUT2D eigenvalue weighted by Crippen LogP contribution is 2.18. The third-order valence-corrected chi connectivity index (χ3v) is 5.24. The van der Waals surface area contributed by atoms with Crippen molar-refractivity contribution in [2.45, 2.75) is 19.9 Å². The van der Waals surface area contributed by atoms with Crippen LogP contribution in [0.1, 0.15) is 18.2 Å². The van der Waals surface area contributed by atoms with Gasteiger partial charge >= 0.3 is 0 Å². The van der Waals surface area contributed by atoms with Gasteiger partial charge in [-0.15, -0.1) is 11.3 Å². The predicted octanol–water partition coefficient (Wildman–Crippen LogP) is 2.00. The first-order valence-electron chi connectivity index (χ1n) is 8.88. The van der Waals surface area contributed by atoms with Gasteiger partial charge in [0.2, 0.25) is 11.8 Å². The quantitative estimate of drug-likeness (QED) is 0.819. The molecule has 0 bridgehead atoms. The summed E-state index contributed by atoms with van der Waals surface area (Å²) in [6.45, 7) is 5.27. The number of amides is 2. The normalized spacial score (nSPS) is 14.8. The van der Waals surface area contributed by atoms with Crippen molar-refractivity contribution in [2.24, 2.45) is 0 Å². The summed E-state index contributed by atoms with van der Waals surface area (Å²) in [5.41, 5.74) is 1.91. The van der Waals surface area contributed by atoms with Crippen molar-refractivity contribution in [3.63, 3.8) is 0 Å². The monoisotopic (exact) mass is 388 g/mol. The Balaban J connectivity index is 1.47. The molecule has 1 fully saturated rings. The molecule has 0 spiro atoms. The van der Waals surface area contributed by atoms with Gasteiger partial charge in [0.05, 0.1) is 19.2 Å². The SMILES string of the molecule is COc1cccc(CC(=O)N2CCN(Cc3csc(NC(C)=O)n3)CC2)c1. The van der Waals surface area contributed by atoms with Gasteiger partial charge in [-0.1, -0.05) is 12.1 Å². The summed E-state index contributed by atoms with van der Waals surface area (Å²) in [5, 5.41) is 5.30. The summed E-state index contributed by atoms with van der Waals surface area (Å²) in [6, 6.07) is 7.64. The maximum atomic E-state index is 12.6. The zero-order valence-electron chi connectivity index (χ0n) is 15.6. The molecular formula is C19H24N4O3S. The van der Waals surface area contributed by atoms with Crippen molar-refractivity contribution in [3.05, 3.63) is 40.9 Å². The van der Waals surface area contributed by atoms with E-state index >= 15 is 0 Å².